The quantitative estimate of drug-likeness (QED) is 0.784. The van der Waals surface area contributed by atoms with Gasteiger partial charge in [-0.3, -0.25) is 14.3 Å². The molecule has 0 spiro atoms. The molecule has 0 bridgehead atoms. The monoisotopic (exact) mass is 372 g/mol. The lowest BCUT2D eigenvalue weighted by Crippen LogP contribution is -2.31. The van der Waals surface area contributed by atoms with Crippen molar-refractivity contribution in [3.8, 4) is 0 Å². The summed E-state index contributed by atoms with van der Waals surface area (Å²) in [4.78, 5) is 26.0. The van der Waals surface area contributed by atoms with Gasteiger partial charge in [-0.15, -0.1) is 0 Å². The molecule has 0 radical (unpaired) electrons. The maximum atomic E-state index is 12.1. The molecule has 146 valence electrons. The smallest absolute Gasteiger partial charge is 0.268 e. The Morgan fingerprint density at radius 3 is 2.85 bits per heavy atom. The molecule has 1 amide bonds. The van der Waals surface area contributed by atoms with Gasteiger partial charge in [-0.05, 0) is 38.7 Å². The summed E-state index contributed by atoms with van der Waals surface area (Å²) in [6, 6.07) is 3.66. The molecule has 1 saturated heterocycles. The van der Waals surface area contributed by atoms with Gasteiger partial charge in [0.05, 0.1) is 17.6 Å². The summed E-state index contributed by atoms with van der Waals surface area (Å²) >= 11 is 0. The molecule has 0 aliphatic carbocycles. The Balaban J connectivity index is 1.38. The number of nitrogens with one attached hydrogen (secondary N) is 1. The fourth-order valence-corrected chi connectivity index (χ4v) is 3.50. The van der Waals surface area contributed by atoms with Crippen molar-refractivity contribution in [2.75, 3.05) is 24.5 Å². The van der Waals surface area contributed by atoms with Crippen molar-refractivity contribution < 1.29 is 4.79 Å². The minimum atomic E-state index is -0.105. The van der Waals surface area contributed by atoms with Crippen LogP contribution in [0.1, 0.15) is 30.7 Å². The van der Waals surface area contributed by atoms with E-state index in [9.17, 15) is 9.59 Å². The summed E-state index contributed by atoms with van der Waals surface area (Å²) in [5, 5.41) is 11.5. The van der Waals surface area contributed by atoms with Crippen molar-refractivity contribution in [2.24, 2.45) is 13.0 Å². The minimum Gasteiger partial charge on any atom is -0.370 e. The Kier molecular flexibility index (Phi) is 5.93. The topological polar surface area (TPSA) is 85.0 Å². The van der Waals surface area contributed by atoms with Crippen LogP contribution in [0.25, 0.3) is 0 Å². The van der Waals surface area contributed by atoms with Crippen LogP contribution in [0.3, 0.4) is 0 Å². The normalized spacial score (nSPS) is 16.7. The molecular formula is C19H28N6O2. The number of carbonyl (C=O) groups is 1. The average molecular weight is 372 g/mol. The van der Waals surface area contributed by atoms with Gasteiger partial charge in [0.15, 0.2) is 0 Å². The van der Waals surface area contributed by atoms with Crippen LogP contribution in [0.2, 0.25) is 0 Å². The lowest BCUT2D eigenvalue weighted by Gasteiger charge is -2.18. The van der Waals surface area contributed by atoms with Gasteiger partial charge in [0, 0.05) is 51.4 Å². The third kappa shape index (κ3) is 4.96. The van der Waals surface area contributed by atoms with E-state index in [2.05, 4.69) is 20.4 Å². The Labute approximate surface area is 159 Å². The first-order valence-corrected chi connectivity index (χ1v) is 9.48. The van der Waals surface area contributed by atoms with E-state index in [0.29, 0.717) is 18.9 Å². The maximum absolute atomic E-state index is 12.1. The van der Waals surface area contributed by atoms with Crippen LogP contribution in [0.5, 0.6) is 0 Å². The zero-order chi connectivity index (χ0) is 19.4. The Bertz CT molecular complexity index is 856. The SMILES string of the molecule is Cc1cc(C)n(CCCC(=O)NC[C@H]2CCN(c3cnn(C)c(=O)c3)C2)n1. The summed E-state index contributed by atoms with van der Waals surface area (Å²) < 4.78 is 3.28. The zero-order valence-corrected chi connectivity index (χ0v) is 16.3. The Morgan fingerprint density at radius 1 is 1.33 bits per heavy atom. The van der Waals surface area contributed by atoms with E-state index in [-0.39, 0.29) is 11.5 Å². The molecule has 3 rings (SSSR count). The number of hydrogen-bond donors (Lipinski definition) is 1. The third-order valence-electron chi connectivity index (χ3n) is 5.07. The number of aryl methyl sites for hydroxylation is 4. The Hall–Kier alpha value is -2.64. The highest BCUT2D eigenvalue weighted by molar-refractivity contribution is 5.75. The van der Waals surface area contributed by atoms with Crippen LogP contribution in [0, 0.1) is 19.8 Å². The molecule has 2 aromatic rings. The van der Waals surface area contributed by atoms with Crippen molar-refractivity contribution in [3.05, 3.63) is 40.1 Å². The first-order valence-electron chi connectivity index (χ1n) is 9.48. The van der Waals surface area contributed by atoms with Gasteiger partial charge < -0.3 is 10.2 Å². The van der Waals surface area contributed by atoms with Gasteiger partial charge in [-0.1, -0.05) is 0 Å². The van der Waals surface area contributed by atoms with E-state index in [1.165, 1.54) is 4.68 Å². The van der Waals surface area contributed by atoms with Gasteiger partial charge in [0.2, 0.25) is 5.91 Å². The molecule has 2 aromatic heterocycles. The molecule has 1 fully saturated rings. The summed E-state index contributed by atoms with van der Waals surface area (Å²) in [5.74, 6) is 0.485. The van der Waals surface area contributed by atoms with Crippen molar-refractivity contribution in [1.82, 2.24) is 24.9 Å². The van der Waals surface area contributed by atoms with Crippen LogP contribution < -0.4 is 15.8 Å². The summed E-state index contributed by atoms with van der Waals surface area (Å²) in [6.45, 7) is 7.16. The molecular weight excluding hydrogens is 344 g/mol. The lowest BCUT2D eigenvalue weighted by atomic mass is 10.1. The minimum absolute atomic E-state index is 0.0882. The van der Waals surface area contributed by atoms with Crippen LogP contribution in [-0.2, 0) is 18.4 Å². The molecule has 0 aromatic carbocycles. The van der Waals surface area contributed by atoms with Crippen molar-refractivity contribution in [2.45, 2.75) is 39.7 Å². The second kappa shape index (κ2) is 8.37. The second-order valence-corrected chi connectivity index (χ2v) is 7.33. The highest BCUT2D eigenvalue weighted by atomic mass is 16.1. The lowest BCUT2D eigenvalue weighted by molar-refractivity contribution is -0.121. The van der Waals surface area contributed by atoms with Crippen LogP contribution in [0.4, 0.5) is 5.69 Å². The van der Waals surface area contributed by atoms with Crippen LogP contribution in [0.15, 0.2) is 23.1 Å². The zero-order valence-electron chi connectivity index (χ0n) is 16.3. The molecule has 0 unspecified atom stereocenters. The van der Waals surface area contributed by atoms with Crippen molar-refractivity contribution in [3.63, 3.8) is 0 Å². The second-order valence-electron chi connectivity index (χ2n) is 7.33. The van der Waals surface area contributed by atoms with E-state index < -0.39 is 0 Å². The molecule has 1 N–H and O–H groups in total. The summed E-state index contributed by atoms with van der Waals surface area (Å²) in [5.41, 5.74) is 2.89. The number of amides is 1. The fourth-order valence-electron chi connectivity index (χ4n) is 3.50. The summed E-state index contributed by atoms with van der Waals surface area (Å²) in [7, 11) is 1.64. The number of carbonyl (C=O) groups excluding carboxylic acids is 1. The van der Waals surface area contributed by atoms with Crippen molar-refractivity contribution in [1.29, 1.82) is 0 Å². The first-order chi connectivity index (χ1) is 12.9. The number of hydrogen-bond acceptors (Lipinski definition) is 5. The predicted octanol–water partition coefficient (Wildman–Crippen LogP) is 1.02. The average Bonchev–Trinajstić information content (AvgIpc) is 3.22. The van der Waals surface area contributed by atoms with Gasteiger partial charge in [0.25, 0.3) is 5.56 Å². The van der Waals surface area contributed by atoms with Crippen LogP contribution in [-0.4, -0.2) is 45.1 Å². The molecule has 3 heterocycles. The van der Waals surface area contributed by atoms with Crippen molar-refractivity contribution >= 4 is 11.6 Å². The van der Waals surface area contributed by atoms with E-state index in [0.717, 1.165) is 49.6 Å². The molecule has 27 heavy (non-hydrogen) atoms. The first kappa shape index (κ1) is 19.1. The van der Waals surface area contributed by atoms with Gasteiger partial charge >= 0.3 is 0 Å². The molecule has 8 heteroatoms. The molecule has 1 atom stereocenters. The van der Waals surface area contributed by atoms with Gasteiger partial charge in [-0.2, -0.15) is 10.2 Å². The largest absolute Gasteiger partial charge is 0.370 e. The van der Waals surface area contributed by atoms with E-state index in [1.54, 1.807) is 19.3 Å². The predicted molar refractivity (Wildman–Crippen MR) is 104 cm³/mol. The number of nitrogens with zero attached hydrogens (tertiary/aromatic N) is 5. The standard InChI is InChI=1S/C19H28N6O2/c1-14-9-15(2)25(22-14)7-4-5-18(26)20-11-16-6-8-24(13-16)17-10-19(27)23(3)21-12-17/h9-10,12,16H,4-8,11,13H2,1-3H3,(H,20,26)/t16-/m1/s1. The molecule has 8 nitrogen and oxygen atoms in total. The fraction of sp³-hybridized carbons (Fsp3) is 0.579. The van der Waals surface area contributed by atoms with E-state index in [1.807, 2.05) is 24.6 Å². The number of aromatic nitrogens is 4. The highest BCUT2D eigenvalue weighted by Crippen LogP contribution is 2.21. The third-order valence-corrected chi connectivity index (χ3v) is 5.07. The molecule has 1 aliphatic rings. The highest BCUT2D eigenvalue weighted by Gasteiger charge is 2.23. The molecule has 1 aliphatic heterocycles. The van der Waals surface area contributed by atoms with Crippen LogP contribution >= 0.6 is 0 Å². The number of anilines is 1. The number of rotatable bonds is 7. The maximum Gasteiger partial charge on any atom is 0.268 e. The van der Waals surface area contributed by atoms with Gasteiger partial charge in [0.1, 0.15) is 0 Å². The molecule has 0 saturated carbocycles. The van der Waals surface area contributed by atoms with E-state index >= 15 is 0 Å². The van der Waals surface area contributed by atoms with E-state index in [4.69, 9.17) is 0 Å². The summed E-state index contributed by atoms with van der Waals surface area (Å²) in [6.07, 6.45) is 4.01. The van der Waals surface area contributed by atoms with Gasteiger partial charge in [-0.25, -0.2) is 4.68 Å². The Morgan fingerprint density at radius 2 is 2.15 bits per heavy atom.